The lowest BCUT2D eigenvalue weighted by Crippen LogP contribution is -2.41. The van der Waals surface area contributed by atoms with Crippen LogP contribution in [-0.4, -0.2) is 20.9 Å². The molecule has 0 saturated heterocycles. The summed E-state index contributed by atoms with van der Waals surface area (Å²) in [5.41, 5.74) is 7.98. The van der Waals surface area contributed by atoms with Crippen LogP contribution in [0.15, 0.2) is 36.4 Å². The second kappa shape index (κ2) is 7.15. The van der Waals surface area contributed by atoms with Gasteiger partial charge >= 0.3 is 0 Å². The van der Waals surface area contributed by atoms with Gasteiger partial charge in [-0.05, 0) is 79.8 Å². The van der Waals surface area contributed by atoms with Gasteiger partial charge in [0.25, 0.3) is 0 Å². The third kappa shape index (κ3) is 3.32. The summed E-state index contributed by atoms with van der Waals surface area (Å²) in [6.45, 7) is 4.06. The van der Waals surface area contributed by atoms with Crippen molar-refractivity contribution in [3.8, 4) is 0 Å². The molecule has 3 rings (SSSR count). The minimum atomic E-state index is -3.27. The van der Waals surface area contributed by atoms with E-state index in [2.05, 4.69) is 0 Å². The van der Waals surface area contributed by atoms with Gasteiger partial charge in [0.1, 0.15) is 11.6 Å². The first kappa shape index (κ1) is 19.1. The van der Waals surface area contributed by atoms with E-state index in [9.17, 15) is 17.9 Å². The number of fused-ring (bicyclic) bond motifs is 1. The van der Waals surface area contributed by atoms with Gasteiger partial charge in [-0.1, -0.05) is 6.92 Å². The van der Waals surface area contributed by atoms with Crippen molar-refractivity contribution in [1.82, 2.24) is 0 Å². The zero-order valence-electron chi connectivity index (χ0n) is 14.8. The number of anilines is 2. The molecule has 1 aliphatic rings. The molecule has 2 unspecified atom stereocenters. The molecule has 2 atom stereocenters. The number of aryl methyl sites for hydroxylation is 1. The highest BCUT2D eigenvalue weighted by Crippen LogP contribution is 2.62. The first-order valence-electron chi connectivity index (χ1n) is 8.57. The molecule has 2 aromatic carbocycles. The maximum Gasteiger partial charge on any atom is 0.123 e. The molecule has 1 heterocycles. The monoisotopic (exact) mass is 382 g/mol. The summed E-state index contributed by atoms with van der Waals surface area (Å²) in [5.74, 6) is -0.833. The lowest BCUT2D eigenvalue weighted by Gasteiger charge is -2.54. The number of rotatable bonds is 4. The van der Waals surface area contributed by atoms with Crippen LogP contribution in [0.5, 0.6) is 0 Å². The van der Waals surface area contributed by atoms with E-state index in [1.807, 2.05) is 6.92 Å². The van der Waals surface area contributed by atoms with Gasteiger partial charge in [0.15, 0.2) is 0 Å². The van der Waals surface area contributed by atoms with Gasteiger partial charge in [-0.15, -0.1) is 10.8 Å². The molecule has 1 aliphatic heterocycles. The number of nitrogens with two attached hydrogens (primary N) is 1. The van der Waals surface area contributed by atoms with Gasteiger partial charge in [-0.3, -0.25) is 9.11 Å². The van der Waals surface area contributed by atoms with Gasteiger partial charge in [0.05, 0.1) is 16.6 Å². The molecular weight excluding hydrogens is 358 g/mol. The Labute approximate surface area is 154 Å². The van der Waals surface area contributed by atoms with Crippen LogP contribution in [0.4, 0.5) is 20.2 Å². The SMILES string of the molecule is Cc1cc(F)ccc1N1c2ccc(F)cc2CC(C(C)CCN)S1(O)O. The van der Waals surface area contributed by atoms with Crippen molar-refractivity contribution >= 4 is 22.2 Å². The van der Waals surface area contributed by atoms with Gasteiger partial charge < -0.3 is 5.73 Å². The first-order chi connectivity index (χ1) is 12.3. The number of hydrogen-bond acceptors (Lipinski definition) is 4. The van der Waals surface area contributed by atoms with Crippen molar-refractivity contribution < 1.29 is 17.9 Å². The Bertz CT molecular complexity index is 816. The van der Waals surface area contributed by atoms with E-state index in [4.69, 9.17) is 5.73 Å². The van der Waals surface area contributed by atoms with E-state index in [1.54, 1.807) is 13.0 Å². The van der Waals surface area contributed by atoms with Crippen molar-refractivity contribution in [3.63, 3.8) is 0 Å². The molecule has 4 nitrogen and oxygen atoms in total. The fraction of sp³-hybridized carbons (Fsp3) is 0.368. The average Bonchev–Trinajstić information content (AvgIpc) is 2.55. The third-order valence-corrected chi connectivity index (χ3v) is 7.37. The normalized spacial score (nSPS) is 21.2. The minimum Gasteiger partial charge on any atom is -0.330 e. The van der Waals surface area contributed by atoms with Crippen LogP contribution < -0.4 is 10.0 Å². The Morgan fingerprint density at radius 3 is 2.38 bits per heavy atom. The quantitative estimate of drug-likeness (QED) is 0.697. The molecule has 7 heteroatoms. The predicted octanol–water partition coefficient (Wildman–Crippen LogP) is 4.99. The minimum absolute atomic E-state index is 0.0651. The highest BCUT2D eigenvalue weighted by molar-refractivity contribution is 8.26. The van der Waals surface area contributed by atoms with Crippen LogP contribution in [0.3, 0.4) is 0 Å². The van der Waals surface area contributed by atoms with Crippen molar-refractivity contribution in [2.45, 2.75) is 31.9 Å². The number of hydrogen-bond donors (Lipinski definition) is 3. The molecular formula is C19H24F2N2O2S. The summed E-state index contributed by atoms with van der Waals surface area (Å²) in [6.07, 6.45) is 0.981. The van der Waals surface area contributed by atoms with Crippen LogP contribution >= 0.6 is 10.8 Å². The van der Waals surface area contributed by atoms with Crippen molar-refractivity contribution in [3.05, 3.63) is 59.2 Å². The fourth-order valence-corrected chi connectivity index (χ4v) is 6.00. The lowest BCUT2D eigenvalue weighted by atomic mass is 9.96. The van der Waals surface area contributed by atoms with Crippen molar-refractivity contribution in [2.75, 3.05) is 10.8 Å². The summed E-state index contributed by atoms with van der Waals surface area (Å²) in [5, 5.41) is -0.496. The van der Waals surface area contributed by atoms with E-state index in [0.717, 1.165) is 0 Å². The van der Waals surface area contributed by atoms with E-state index in [0.29, 0.717) is 41.9 Å². The molecule has 0 aliphatic carbocycles. The highest BCUT2D eigenvalue weighted by Gasteiger charge is 2.42. The zero-order chi connectivity index (χ0) is 19.1. The largest absolute Gasteiger partial charge is 0.330 e. The molecule has 0 bridgehead atoms. The number of halogens is 2. The number of nitrogens with zero attached hydrogens (tertiary/aromatic N) is 1. The van der Waals surface area contributed by atoms with Gasteiger partial charge in [-0.25, -0.2) is 13.1 Å². The van der Waals surface area contributed by atoms with E-state index < -0.39 is 21.8 Å². The topological polar surface area (TPSA) is 69.7 Å². The second-order valence-corrected chi connectivity index (χ2v) is 8.95. The second-order valence-electron chi connectivity index (χ2n) is 6.86. The van der Waals surface area contributed by atoms with E-state index >= 15 is 0 Å². The first-order valence-corrected chi connectivity index (χ1v) is 10.1. The van der Waals surface area contributed by atoms with Gasteiger partial charge in [-0.2, -0.15) is 0 Å². The van der Waals surface area contributed by atoms with Crippen molar-refractivity contribution in [2.24, 2.45) is 11.7 Å². The predicted molar refractivity (Wildman–Crippen MR) is 103 cm³/mol. The van der Waals surface area contributed by atoms with Crippen LogP contribution in [0.25, 0.3) is 0 Å². The molecule has 0 amide bonds. The standard InChI is InChI=1S/C19H24F2N2O2S/c1-12(7-8-22)19-11-14-10-16(21)4-6-18(14)23(26(19,24)25)17-5-3-15(20)9-13(17)2/h3-6,9-10,12,19,24-25H,7-8,11,22H2,1-2H3. The van der Waals surface area contributed by atoms with Gasteiger partial charge in [0.2, 0.25) is 0 Å². The van der Waals surface area contributed by atoms with Gasteiger partial charge in [0, 0.05) is 0 Å². The maximum atomic E-state index is 13.8. The summed E-state index contributed by atoms with van der Waals surface area (Å²) < 4.78 is 51.2. The van der Waals surface area contributed by atoms with Crippen LogP contribution in [0.2, 0.25) is 0 Å². The molecule has 2 aromatic rings. The Morgan fingerprint density at radius 2 is 1.77 bits per heavy atom. The smallest absolute Gasteiger partial charge is 0.123 e. The van der Waals surface area contributed by atoms with Crippen molar-refractivity contribution in [1.29, 1.82) is 0 Å². The molecule has 0 aromatic heterocycles. The molecule has 4 N–H and O–H groups in total. The summed E-state index contributed by atoms with van der Waals surface area (Å²) in [4.78, 5) is 0. The fourth-order valence-electron chi connectivity index (χ4n) is 3.61. The van der Waals surface area contributed by atoms with Crippen LogP contribution in [-0.2, 0) is 6.42 Å². The summed E-state index contributed by atoms with van der Waals surface area (Å²) >= 11 is 0. The molecule has 0 fully saturated rings. The molecule has 0 radical (unpaired) electrons. The van der Waals surface area contributed by atoms with E-state index in [1.165, 1.54) is 34.6 Å². The lowest BCUT2D eigenvalue weighted by molar-refractivity contribution is 0.413. The Balaban J connectivity index is 2.19. The van der Waals surface area contributed by atoms with Crippen LogP contribution in [0.1, 0.15) is 24.5 Å². The average molecular weight is 382 g/mol. The number of benzene rings is 2. The Hall–Kier alpha value is -1.67. The summed E-state index contributed by atoms with van der Waals surface area (Å²) in [7, 11) is -3.27. The van der Waals surface area contributed by atoms with E-state index in [-0.39, 0.29) is 11.7 Å². The Morgan fingerprint density at radius 1 is 1.15 bits per heavy atom. The molecule has 26 heavy (non-hydrogen) atoms. The van der Waals surface area contributed by atoms with Crippen LogP contribution in [0, 0.1) is 24.5 Å². The molecule has 0 saturated carbocycles. The summed E-state index contributed by atoms with van der Waals surface area (Å²) in [6, 6.07) is 8.43. The maximum absolute atomic E-state index is 13.8. The highest BCUT2D eigenvalue weighted by atomic mass is 32.3. The molecule has 0 spiro atoms. The Kier molecular flexibility index (Phi) is 5.25. The molecule has 142 valence electrons. The third-order valence-electron chi connectivity index (χ3n) is 4.99. The zero-order valence-corrected chi connectivity index (χ0v) is 15.6.